The van der Waals surface area contributed by atoms with E-state index in [4.69, 9.17) is 21.4 Å². The molecule has 4 atom stereocenters. The highest BCUT2D eigenvalue weighted by atomic mass is 35.5. The van der Waals surface area contributed by atoms with Gasteiger partial charge in [-0.15, -0.1) is 11.3 Å². The van der Waals surface area contributed by atoms with Gasteiger partial charge in [0.25, 0.3) is 0 Å². The number of methoxy groups -OCH3 is 1. The number of carbonyl (C=O) groups excluding carboxylic acids is 2. The first-order valence-electron chi connectivity index (χ1n) is 17.1. The summed E-state index contributed by atoms with van der Waals surface area (Å²) in [4.78, 5) is 59.9. The zero-order valence-electron chi connectivity index (χ0n) is 29.1. The van der Waals surface area contributed by atoms with Crippen LogP contribution in [0.2, 0.25) is 5.02 Å². The van der Waals surface area contributed by atoms with Crippen LogP contribution in [0.4, 0.5) is 5.82 Å². The summed E-state index contributed by atoms with van der Waals surface area (Å²) >= 11 is 7.86. The molecule has 9 rings (SSSR count). The summed E-state index contributed by atoms with van der Waals surface area (Å²) in [5, 5.41) is 17.4. The van der Waals surface area contributed by atoms with Crippen molar-refractivity contribution in [3.05, 3.63) is 122 Å². The zero-order chi connectivity index (χ0) is 37.1. The number of anilines is 1. The lowest BCUT2D eigenvalue weighted by molar-refractivity contribution is -0.129. The number of amides is 2. The van der Waals surface area contributed by atoms with Gasteiger partial charge in [-0.05, 0) is 84.8 Å². The van der Waals surface area contributed by atoms with Crippen LogP contribution < -0.4 is 21.0 Å². The summed E-state index contributed by atoms with van der Waals surface area (Å²) in [6.07, 6.45) is 1.98. The van der Waals surface area contributed by atoms with Crippen LogP contribution in [-0.4, -0.2) is 47.7 Å². The van der Waals surface area contributed by atoms with Crippen molar-refractivity contribution in [2.75, 3.05) is 12.0 Å². The second-order valence-corrected chi connectivity index (χ2v) is 15.5. The van der Waals surface area contributed by atoms with Crippen LogP contribution in [0.15, 0.2) is 94.0 Å². The number of imide groups is 1. The Kier molecular flexibility index (Phi) is 7.31. The molecular formula is C39H33ClN6O6S. The number of fused-ring (bicyclic) bond motifs is 5. The summed E-state index contributed by atoms with van der Waals surface area (Å²) in [6, 6.07) is 20.4. The van der Waals surface area contributed by atoms with Crippen molar-refractivity contribution in [1.29, 1.82) is 0 Å². The number of aryl methyl sites for hydroxylation is 2. The van der Waals surface area contributed by atoms with Crippen LogP contribution in [0.25, 0.3) is 26.3 Å². The van der Waals surface area contributed by atoms with Gasteiger partial charge in [0, 0.05) is 28.8 Å². The third-order valence-electron chi connectivity index (χ3n) is 11.3. The number of ether oxygens (including phenoxy) is 1. The van der Waals surface area contributed by atoms with Crippen molar-refractivity contribution in [3.8, 4) is 27.8 Å². The summed E-state index contributed by atoms with van der Waals surface area (Å²) in [5.74, 6) is -2.05. The number of halogens is 1. The largest absolute Gasteiger partial charge is 0.504 e. The van der Waals surface area contributed by atoms with Gasteiger partial charge in [-0.1, -0.05) is 41.9 Å². The number of carbonyl (C=O) groups is 2. The van der Waals surface area contributed by atoms with Crippen LogP contribution in [0, 0.1) is 18.3 Å². The van der Waals surface area contributed by atoms with Gasteiger partial charge in [-0.2, -0.15) is 5.10 Å². The Labute approximate surface area is 311 Å². The molecule has 1 saturated heterocycles. The minimum absolute atomic E-state index is 0.0792. The van der Waals surface area contributed by atoms with E-state index in [0.29, 0.717) is 33.4 Å². The van der Waals surface area contributed by atoms with Crippen molar-refractivity contribution in [1.82, 2.24) is 23.7 Å². The van der Waals surface area contributed by atoms with E-state index < -0.39 is 46.5 Å². The average Bonchev–Trinajstić information content (AvgIpc) is 3.82. The second kappa shape index (κ2) is 11.7. The lowest BCUT2D eigenvalue weighted by Crippen LogP contribution is -2.49. The standard InChI is InChI=1S/C39H33ClN6O6S/c1-20-25-17-22(40)11-13-31(25)53-34(20)27-19-32(42(3)41-27)45-35(48)26-18-28-24(33(39(26,2)36(45)49)21-10-12-30(52-4)29(47)16-21)14-15-43-37(50)44(38(51)46(28)43)23-8-6-5-7-9-23/h5-14,16-17,19,26,28,33,47H,15,18H2,1-4H3/t26-,28+,33-,39+/m0/s1. The maximum absolute atomic E-state index is 15.0. The van der Waals surface area contributed by atoms with Gasteiger partial charge in [-0.3, -0.25) is 14.3 Å². The van der Waals surface area contributed by atoms with E-state index in [2.05, 4.69) is 0 Å². The minimum Gasteiger partial charge on any atom is -0.504 e. The van der Waals surface area contributed by atoms with Gasteiger partial charge in [0.1, 0.15) is 11.5 Å². The lowest BCUT2D eigenvalue weighted by atomic mass is 9.56. The second-order valence-electron chi connectivity index (χ2n) is 14.0. The maximum Gasteiger partial charge on any atom is 0.352 e. The number of benzene rings is 3. The van der Waals surface area contributed by atoms with Crippen LogP contribution in [0.1, 0.15) is 36.4 Å². The summed E-state index contributed by atoms with van der Waals surface area (Å²) in [7, 11) is 3.15. The Balaban J connectivity index is 1.20. The van der Waals surface area contributed by atoms with Gasteiger partial charge in [0.15, 0.2) is 11.5 Å². The Morgan fingerprint density at radius 1 is 1.00 bits per heavy atom. The molecule has 0 unspecified atom stereocenters. The van der Waals surface area contributed by atoms with Crippen molar-refractivity contribution in [2.24, 2.45) is 18.4 Å². The monoisotopic (exact) mass is 748 g/mol. The molecule has 0 radical (unpaired) electrons. The van der Waals surface area contributed by atoms with Crippen LogP contribution in [0.5, 0.6) is 11.5 Å². The van der Waals surface area contributed by atoms with Gasteiger partial charge in [-0.25, -0.2) is 28.4 Å². The molecule has 3 aromatic carbocycles. The number of thiophene rings is 1. The van der Waals surface area contributed by atoms with Crippen LogP contribution in [0.3, 0.4) is 0 Å². The molecule has 3 aromatic heterocycles. The number of phenols is 1. The quantitative estimate of drug-likeness (QED) is 0.170. The van der Waals surface area contributed by atoms with E-state index >= 15 is 4.79 Å². The third-order valence-corrected chi connectivity index (χ3v) is 12.8. The van der Waals surface area contributed by atoms with E-state index in [-0.39, 0.29) is 24.5 Å². The molecule has 5 heterocycles. The van der Waals surface area contributed by atoms with Crippen molar-refractivity contribution < 1.29 is 19.4 Å². The molecule has 3 aliphatic rings. The number of phenolic OH excluding ortho intramolecular Hbond substituents is 1. The van der Waals surface area contributed by atoms with E-state index in [1.54, 1.807) is 84.6 Å². The predicted octanol–water partition coefficient (Wildman–Crippen LogP) is 5.96. The molecule has 268 valence electrons. The third kappa shape index (κ3) is 4.56. The van der Waals surface area contributed by atoms with Crippen LogP contribution >= 0.6 is 22.9 Å². The topological polar surface area (TPSA) is 134 Å². The highest BCUT2D eigenvalue weighted by Gasteiger charge is 2.66. The molecule has 0 bridgehead atoms. The number of hydrogen-bond donors (Lipinski definition) is 1. The number of para-hydroxylation sites is 1. The highest BCUT2D eigenvalue weighted by molar-refractivity contribution is 7.22. The smallest absolute Gasteiger partial charge is 0.352 e. The fourth-order valence-electron chi connectivity index (χ4n) is 8.78. The Morgan fingerprint density at radius 2 is 1.77 bits per heavy atom. The predicted molar refractivity (Wildman–Crippen MR) is 201 cm³/mol. The summed E-state index contributed by atoms with van der Waals surface area (Å²) in [5.41, 5.74) is 0.957. The fraction of sp³-hybridized carbons (Fsp3) is 0.256. The zero-order valence-corrected chi connectivity index (χ0v) is 30.7. The fourth-order valence-corrected chi connectivity index (χ4v) is 10.1. The Morgan fingerprint density at radius 3 is 2.51 bits per heavy atom. The van der Waals surface area contributed by atoms with Gasteiger partial charge in [0.05, 0.1) is 41.6 Å². The van der Waals surface area contributed by atoms with Gasteiger partial charge in [0.2, 0.25) is 11.8 Å². The van der Waals surface area contributed by atoms with Crippen molar-refractivity contribution >= 4 is 50.7 Å². The Hall–Kier alpha value is -5.66. The maximum atomic E-state index is 15.0. The van der Waals surface area contributed by atoms with E-state index in [0.717, 1.165) is 25.1 Å². The van der Waals surface area contributed by atoms with E-state index in [1.165, 1.54) is 21.4 Å². The molecule has 1 aliphatic carbocycles. The lowest BCUT2D eigenvalue weighted by Gasteiger charge is -2.47. The summed E-state index contributed by atoms with van der Waals surface area (Å²) in [6.45, 7) is 3.87. The molecule has 2 amide bonds. The SMILES string of the molecule is COc1ccc([C@H]2C3=CCn4c(=O)n(-c5ccccc5)c(=O)n4[C@@H]3C[C@H]3C(=O)N(c4cc(-c5sc6ccc(Cl)cc6c5C)nn4C)C(=O)[C@@]23C)cc1O. The number of allylic oxidation sites excluding steroid dienone is 2. The average molecular weight is 749 g/mol. The number of aromatic nitrogens is 5. The molecule has 12 nitrogen and oxygen atoms in total. The molecule has 14 heteroatoms. The molecule has 1 saturated carbocycles. The van der Waals surface area contributed by atoms with Gasteiger partial charge < -0.3 is 9.84 Å². The normalized spacial score (nSPS) is 22.2. The molecule has 1 N–H and O–H groups in total. The minimum atomic E-state index is -1.33. The molecule has 2 fully saturated rings. The number of hydrogen-bond acceptors (Lipinski definition) is 8. The van der Waals surface area contributed by atoms with Crippen molar-refractivity contribution in [3.63, 3.8) is 0 Å². The highest BCUT2D eigenvalue weighted by Crippen LogP contribution is 2.61. The number of aromatic hydroxyl groups is 1. The van der Waals surface area contributed by atoms with Crippen molar-refractivity contribution in [2.45, 2.75) is 38.8 Å². The van der Waals surface area contributed by atoms with E-state index in [1.807, 2.05) is 31.2 Å². The van der Waals surface area contributed by atoms with Gasteiger partial charge >= 0.3 is 11.4 Å². The molecule has 0 spiro atoms. The first-order chi connectivity index (χ1) is 25.4. The molecule has 6 aromatic rings. The summed E-state index contributed by atoms with van der Waals surface area (Å²) < 4.78 is 11.9. The Bertz CT molecular complexity index is 2700. The number of nitrogens with zero attached hydrogens (tertiary/aromatic N) is 6. The first kappa shape index (κ1) is 33.2. The van der Waals surface area contributed by atoms with Crippen LogP contribution in [-0.2, 0) is 23.2 Å². The molecular weight excluding hydrogens is 716 g/mol. The molecule has 53 heavy (non-hydrogen) atoms. The molecule has 2 aliphatic heterocycles. The first-order valence-corrected chi connectivity index (χ1v) is 18.3. The number of rotatable bonds is 5. The van der Waals surface area contributed by atoms with E-state index in [9.17, 15) is 19.5 Å².